The molecule has 0 aromatic carbocycles. The average molecular weight is 196 g/mol. The van der Waals surface area contributed by atoms with Gasteiger partial charge in [-0.3, -0.25) is 0 Å². The molecule has 0 aliphatic heterocycles. The molecule has 2 unspecified atom stereocenters. The molecule has 0 amide bonds. The molecule has 1 rings (SSSR count). The molecule has 0 saturated heterocycles. The smallest absolute Gasteiger partial charge is 0.111 e. The van der Waals surface area contributed by atoms with Crippen molar-refractivity contribution in [2.24, 2.45) is 0 Å². The SMILES string of the molecule is OC1[C@@H](O)[C@@H](O)C(S)[C@H](O)[C@H]1O. The molecule has 5 nitrogen and oxygen atoms in total. The van der Waals surface area contributed by atoms with Gasteiger partial charge in [0.2, 0.25) is 0 Å². The summed E-state index contributed by atoms with van der Waals surface area (Å²) >= 11 is 3.78. The molecule has 6 heteroatoms. The van der Waals surface area contributed by atoms with E-state index in [-0.39, 0.29) is 0 Å². The summed E-state index contributed by atoms with van der Waals surface area (Å²) in [5, 5.41) is 44.6. The van der Waals surface area contributed by atoms with Crippen LogP contribution < -0.4 is 0 Å². The fraction of sp³-hybridized carbons (Fsp3) is 1.00. The third-order valence-electron chi connectivity index (χ3n) is 2.10. The molecule has 12 heavy (non-hydrogen) atoms. The Labute approximate surface area is 74.7 Å². The Morgan fingerprint density at radius 2 is 0.833 bits per heavy atom. The van der Waals surface area contributed by atoms with Crippen molar-refractivity contribution in [2.45, 2.75) is 35.8 Å². The minimum atomic E-state index is -1.53. The van der Waals surface area contributed by atoms with Crippen LogP contribution in [0.15, 0.2) is 0 Å². The third kappa shape index (κ3) is 1.46. The van der Waals surface area contributed by atoms with Crippen molar-refractivity contribution >= 4 is 12.6 Å². The first-order valence-corrected chi connectivity index (χ1v) is 4.07. The van der Waals surface area contributed by atoms with Crippen molar-refractivity contribution in [3.63, 3.8) is 0 Å². The molecule has 1 fully saturated rings. The minimum absolute atomic E-state index is 0.946. The highest BCUT2D eigenvalue weighted by Gasteiger charge is 2.46. The van der Waals surface area contributed by atoms with Crippen LogP contribution in [0.4, 0.5) is 0 Å². The van der Waals surface area contributed by atoms with Gasteiger partial charge in [0.05, 0.1) is 17.5 Å². The predicted octanol–water partition coefficient (Wildman–Crippen LogP) is -2.90. The highest BCUT2D eigenvalue weighted by molar-refractivity contribution is 7.81. The third-order valence-corrected chi connectivity index (χ3v) is 2.71. The van der Waals surface area contributed by atoms with Crippen LogP contribution >= 0.6 is 12.6 Å². The summed E-state index contributed by atoms with van der Waals surface area (Å²) in [7, 11) is 0. The second-order valence-electron chi connectivity index (χ2n) is 2.94. The molecule has 1 saturated carbocycles. The highest BCUT2D eigenvalue weighted by Crippen LogP contribution is 2.24. The lowest BCUT2D eigenvalue weighted by molar-refractivity contribution is -0.172. The van der Waals surface area contributed by atoms with Crippen LogP contribution in [0.1, 0.15) is 0 Å². The van der Waals surface area contributed by atoms with E-state index in [0.717, 1.165) is 0 Å². The summed E-state index contributed by atoms with van der Waals surface area (Å²) in [6.07, 6.45) is -7.13. The van der Waals surface area contributed by atoms with Crippen LogP contribution in [0.3, 0.4) is 0 Å². The summed E-state index contributed by atoms with van der Waals surface area (Å²) < 4.78 is 0. The van der Waals surface area contributed by atoms with Crippen molar-refractivity contribution in [3.8, 4) is 0 Å². The van der Waals surface area contributed by atoms with Crippen molar-refractivity contribution < 1.29 is 25.5 Å². The monoisotopic (exact) mass is 196 g/mol. The lowest BCUT2D eigenvalue weighted by Gasteiger charge is -2.39. The Morgan fingerprint density at radius 3 is 1.17 bits per heavy atom. The van der Waals surface area contributed by atoms with E-state index in [1.165, 1.54) is 0 Å². The van der Waals surface area contributed by atoms with Crippen molar-refractivity contribution in [3.05, 3.63) is 0 Å². The molecule has 5 N–H and O–H groups in total. The fourth-order valence-corrected chi connectivity index (χ4v) is 1.56. The second kappa shape index (κ2) is 3.49. The molecule has 0 radical (unpaired) electrons. The average Bonchev–Trinajstić information content (AvgIpc) is 2.08. The molecule has 0 bridgehead atoms. The van der Waals surface area contributed by atoms with E-state index in [4.69, 9.17) is 25.5 Å². The lowest BCUT2D eigenvalue weighted by Crippen LogP contribution is -2.61. The van der Waals surface area contributed by atoms with Gasteiger partial charge in [0.15, 0.2) is 0 Å². The van der Waals surface area contributed by atoms with E-state index >= 15 is 0 Å². The van der Waals surface area contributed by atoms with Gasteiger partial charge in [-0.05, 0) is 0 Å². The van der Waals surface area contributed by atoms with Gasteiger partial charge in [0, 0.05) is 0 Å². The zero-order chi connectivity index (χ0) is 9.46. The molecular formula is C6H12O5S. The minimum Gasteiger partial charge on any atom is -0.389 e. The molecule has 0 aromatic heterocycles. The molecule has 1 aliphatic carbocycles. The largest absolute Gasteiger partial charge is 0.389 e. The van der Waals surface area contributed by atoms with Crippen molar-refractivity contribution in [2.75, 3.05) is 0 Å². The van der Waals surface area contributed by atoms with Gasteiger partial charge in [-0.1, -0.05) is 0 Å². The van der Waals surface area contributed by atoms with Crippen molar-refractivity contribution in [1.29, 1.82) is 0 Å². The number of thiol groups is 1. The molecule has 6 atom stereocenters. The first kappa shape index (κ1) is 10.2. The van der Waals surface area contributed by atoms with Gasteiger partial charge in [-0.25, -0.2) is 0 Å². The Morgan fingerprint density at radius 1 is 0.583 bits per heavy atom. The Balaban J connectivity index is 2.76. The number of aliphatic hydroxyl groups excluding tert-OH is 5. The Hall–Kier alpha value is 0.150. The molecule has 0 aromatic rings. The normalized spacial score (nSPS) is 55.5. The van der Waals surface area contributed by atoms with E-state index in [0.29, 0.717) is 0 Å². The summed E-state index contributed by atoms with van der Waals surface area (Å²) in [5.74, 6) is 0. The second-order valence-corrected chi connectivity index (χ2v) is 3.54. The zero-order valence-electron chi connectivity index (χ0n) is 6.15. The van der Waals surface area contributed by atoms with Crippen LogP contribution in [0.25, 0.3) is 0 Å². The highest BCUT2D eigenvalue weighted by atomic mass is 32.1. The summed E-state index contributed by atoms with van der Waals surface area (Å²) in [6, 6.07) is 0. The topological polar surface area (TPSA) is 101 Å². The van der Waals surface area contributed by atoms with Gasteiger partial charge >= 0.3 is 0 Å². The van der Waals surface area contributed by atoms with Crippen LogP contribution in [-0.2, 0) is 0 Å². The van der Waals surface area contributed by atoms with E-state index < -0.39 is 35.8 Å². The first-order chi connectivity index (χ1) is 5.46. The van der Waals surface area contributed by atoms with E-state index in [9.17, 15) is 0 Å². The molecule has 1 aliphatic rings. The maximum atomic E-state index is 9.15. The number of hydrogen-bond donors (Lipinski definition) is 6. The predicted molar refractivity (Wildman–Crippen MR) is 42.8 cm³/mol. The van der Waals surface area contributed by atoms with Gasteiger partial charge in [0.25, 0.3) is 0 Å². The Kier molecular flexibility index (Phi) is 2.97. The number of rotatable bonds is 0. The number of aliphatic hydroxyl groups is 5. The summed E-state index contributed by atoms with van der Waals surface area (Å²) in [5.41, 5.74) is 0. The van der Waals surface area contributed by atoms with Gasteiger partial charge < -0.3 is 25.5 Å². The maximum Gasteiger partial charge on any atom is 0.111 e. The van der Waals surface area contributed by atoms with Gasteiger partial charge in [-0.2, -0.15) is 12.6 Å². The molecule has 72 valence electrons. The molecular weight excluding hydrogens is 184 g/mol. The van der Waals surface area contributed by atoms with Crippen LogP contribution in [-0.4, -0.2) is 61.3 Å². The summed E-state index contributed by atoms with van der Waals surface area (Å²) in [4.78, 5) is 0. The fourth-order valence-electron chi connectivity index (χ4n) is 1.21. The zero-order valence-corrected chi connectivity index (χ0v) is 7.04. The lowest BCUT2D eigenvalue weighted by atomic mass is 9.87. The van der Waals surface area contributed by atoms with Gasteiger partial charge in [0.1, 0.15) is 18.3 Å². The van der Waals surface area contributed by atoms with E-state index in [1.54, 1.807) is 0 Å². The van der Waals surface area contributed by atoms with Crippen LogP contribution in [0, 0.1) is 0 Å². The van der Waals surface area contributed by atoms with Crippen LogP contribution in [0.2, 0.25) is 0 Å². The van der Waals surface area contributed by atoms with Crippen LogP contribution in [0.5, 0.6) is 0 Å². The van der Waals surface area contributed by atoms with Gasteiger partial charge in [-0.15, -0.1) is 0 Å². The molecule has 0 spiro atoms. The Bertz CT molecular complexity index is 107. The van der Waals surface area contributed by atoms with E-state index in [1.807, 2.05) is 0 Å². The maximum absolute atomic E-state index is 9.15. The summed E-state index contributed by atoms with van der Waals surface area (Å²) in [6.45, 7) is 0. The number of hydrogen-bond acceptors (Lipinski definition) is 6. The quantitative estimate of drug-likeness (QED) is 0.233. The molecule has 0 heterocycles. The van der Waals surface area contributed by atoms with E-state index in [2.05, 4.69) is 12.6 Å². The van der Waals surface area contributed by atoms with Crippen molar-refractivity contribution in [1.82, 2.24) is 0 Å². The first-order valence-electron chi connectivity index (χ1n) is 3.55. The standard InChI is InChI=1S/C6H12O5S/c7-1-2(8)4(10)6(12)5(11)3(1)9/h1-12H/t1?,2-,3+,4-,5-,6?/m1/s1.